The van der Waals surface area contributed by atoms with Crippen LogP contribution in [0.3, 0.4) is 0 Å². The molecular formula is C13H17N3. The highest BCUT2D eigenvalue weighted by Gasteiger charge is 2.11. The first-order chi connectivity index (χ1) is 7.52. The Morgan fingerprint density at radius 1 is 1.12 bits per heavy atom. The summed E-state index contributed by atoms with van der Waals surface area (Å²) in [5.41, 5.74) is 12.4. The predicted molar refractivity (Wildman–Crippen MR) is 66.9 cm³/mol. The fourth-order valence-electron chi connectivity index (χ4n) is 1.81. The van der Waals surface area contributed by atoms with Crippen molar-refractivity contribution < 1.29 is 0 Å². The molecule has 0 atom stereocenters. The molecule has 3 heteroatoms. The van der Waals surface area contributed by atoms with E-state index in [2.05, 4.69) is 18.9 Å². The van der Waals surface area contributed by atoms with Gasteiger partial charge in [-0.15, -0.1) is 0 Å². The summed E-state index contributed by atoms with van der Waals surface area (Å²) in [5, 5.41) is 4.52. The van der Waals surface area contributed by atoms with Crippen molar-refractivity contribution >= 4 is 5.69 Å². The Hall–Kier alpha value is -1.77. The number of nitrogens with zero attached hydrogens (tertiary/aromatic N) is 2. The molecule has 84 valence electrons. The highest BCUT2D eigenvalue weighted by Crippen LogP contribution is 2.23. The molecular weight excluding hydrogens is 198 g/mol. The Morgan fingerprint density at radius 3 is 2.38 bits per heavy atom. The normalized spacial score (nSPS) is 10.8. The van der Waals surface area contributed by atoms with Crippen molar-refractivity contribution in [3.63, 3.8) is 0 Å². The molecule has 0 aliphatic carbocycles. The summed E-state index contributed by atoms with van der Waals surface area (Å²) in [6.07, 6.45) is 0. The van der Waals surface area contributed by atoms with Gasteiger partial charge in [0.2, 0.25) is 0 Å². The summed E-state index contributed by atoms with van der Waals surface area (Å²) in [6.45, 7) is 8.18. The SMILES string of the molecule is Cc1cccc(-n2nc(C)c(C)c2C)c1N. The summed E-state index contributed by atoms with van der Waals surface area (Å²) in [6, 6.07) is 6.02. The molecule has 2 N–H and O–H groups in total. The molecule has 2 rings (SSSR count). The highest BCUT2D eigenvalue weighted by molar-refractivity contribution is 5.62. The number of hydrogen-bond donors (Lipinski definition) is 1. The molecule has 1 heterocycles. The predicted octanol–water partition coefficient (Wildman–Crippen LogP) is 2.69. The van der Waals surface area contributed by atoms with Crippen LogP contribution in [0.4, 0.5) is 5.69 Å². The van der Waals surface area contributed by atoms with Crippen LogP contribution >= 0.6 is 0 Å². The zero-order valence-electron chi connectivity index (χ0n) is 10.2. The lowest BCUT2D eigenvalue weighted by Gasteiger charge is -2.10. The molecule has 0 unspecified atom stereocenters. The summed E-state index contributed by atoms with van der Waals surface area (Å²) >= 11 is 0. The van der Waals surface area contributed by atoms with Gasteiger partial charge in [-0.05, 0) is 44.9 Å². The van der Waals surface area contributed by atoms with Crippen molar-refractivity contribution in [2.24, 2.45) is 0 Å². The zero-order chi connectivity index (χ0) is 11.9. The molecule has 0 amide bonds. The van der Waals surface area contributed by atoms with Gasteiger partial charge in [-0.25, -0.2) is 4.68 Å². The molecule has 3 nitrogen and oxygen atoms in total. The monoisotopic (exact) mass is 215 g/mol. The van der Waals surface area contributed by atoms with E-state index in [4.69, 9.17) is 5.73 Å². The Kier molecular flexibility index (Phi) is 2.46. The smallest absolute Gasteiger partial charge is 0.0880 e. The summed E-state index contributed by atoms with van der Waals surface area (Å²) in [5.74, 6) is 0. The molecule has 0 fully saturated rings. The molecule has 0 aliphatic heterocycles. The average Bonchev–Trinajstić information content (AvgIpc) is 2.50. The van der Waals surface area contributed by atoms with Crippen molar-refractivity contribution in [3.8, 4) is 5.69 Å². The first kappa shape index (κ1) is 10.7. The third kappa shape index (κ3) is 1.48. The van der Waals surface area contributed by atoms with E-state index in [-0.39, 0.29) is 0 Å². The van der Waals surface area contributed by atoms with Crippen molar-refractivity contribution in [2.45, 2.75) is 27.7 Å². The van der Waals surface area contributed by atoms with E-state index in [1.807, 2.05) is 36.7 Å². The topological polar surface area (TPSA) is 43.8 Å². The lowest BCUT2D eigenvalue weighted by molar-refractivity contribution is 0.834. The summed E-state index contributed by atoms with van der Waals surface area (Å²) in [7, 11) is 0. The van der Waals surface area contributed by atoms with Crippen molar-refractivity contribution in [1.82, 2.24) is 9.78 Å². The molecule has 0 radical (unpaired) electrons. The first-order valence-corrected chi connectivity index (χ1v) is 5.40. The molecule has 1 aromatic heterocycles. The van der Waals surface area contributed by atoms with Gasteiger partial charge in [-0.3, -0.25) is 0 Å². The van der Waals surface area contributed by atoms with Gasteiger partial charge in [0.15, 0.2) is 0 Å². The van der Waals surface area contributed by atoms with E-state index in [9.17, 15) is 0 Å². The fourth-order valence-corrected chi connectivity index (χ4v) is 1.81. The van der Waals surface area contributed by atoms with E-state index in [1.54, 1.807) is 0 Å². The van der Waals surface area contributed by atoms with Crippen molar-refractivity contribution in [2.75, 3.05) is 5.73 Å². The average molecular weight is 215 g/mol. The van der Waals surface area contributed by atoms with Crippen molar-refractivity contribution in [1.29, 1.82) is 0 Å². The minimum Gasteiger partial charge on any atom is -0.397 e. The molecule has 1 aromatic carbocycles. The van der Waals surface area contributed by atoms with Crippen LogP contribution in [0.2, 0.25) is 0 Å². The van der Waals surface area contributed by atoms with Crippen molar-refractivity contribution in [3.05, 3.63) is 40.7 Å². The zero-order valence-corrected chi connectivity index (χ0v) is 10.2. The van der Waals surface area contributed by atoms with E-state index in [0.717, 1.165) is 28.3 Å². The number of benzene rings is 1. The van der Waals surface area contributed by atoms with Gasteiger partial charge in [-0.2, -0.15) is 5.10 Å². The molecule has 0 saturated carbocycles. The van der Waals surface area contributed by atoms with E-state index in [0.29, 0.717) is 0 Å². The minimum absolute atomic E-state index is 0.799. The van der Waals surface area contributed by atoms with Gasteiger partial charge in [0, 0.05) is 5.69 Å². The van der Waals surface area contributed by atoms with Gasteiger partial charge in [0.05, 0.1) is 17.1 Å². The van der Waals surface area contributed by atoms with Crippen LogP contribution in [0.5, 0.6) is 0 Å². The third-order valence-electron chi connectivity index (χ3n) is 3.18. The Morgan fingerprint density at radius 2 is 1.81 bits per heavy atom. The van der Waals surface area contributed by atoms with Gasteiger partial charge in [-0.1, -0.05) is 12.1 Å². The summed E-state index contributed by atoms with van der Waals surface area (Å²) in [4.78, 5) is 0. The number of anilines is 1. The van der Waals surface area contributed by atoms with Crippen LogP contribution in [-0.2, 0) is 0 Å². The van der Waals surface area contributed by atoms with Gasteiger partial charge in [0.1, 0.15) is 0 Å². The lowest BCUT2D eigenvalue weighted by Crippen LogP contribution is -2.04. The van der Waals surface area contributed by atoms with Gasteiger partial charge in [0.25, 0.3) is 0 Å². The number of rotatable bonds is 1. The van der Waals surface area contributed by atoms with Crippen LogP contribution in [0, 0.1) is 27.7 Å². The number of aromatic nitrogens is 2. The van der Waals surface area contributed by atoms with Crippen LogP contribution < -0.4 is 5.73 Å². The molecule has 0 aliphatic rings. The standard InChI is InChI=1S/C13H17N3/c1-8-6-5-7-12(13(8)14)16-11(4)9(2)10(3)15-16/h5-7H,14H2,1-4H3. The lowest BCUT2D eigenvalue weighted by atomic mass is 10.1. The largest absolute Gasteiger partial charge is 0.397 e. The maximum atomic E-state index is 6.08. The second-order valence-electron chi connectivity index (χ2n) is 4.22. The van der Waals surface area contributed by atoms with Crippen LogP contribution in [-0.4, -0.2) is 9.78 Å². The maximum Gasteiger partial charge on any atom is 0.0880 e. The summed E-state index contributed by atoms with van der Waals surface area (Å²) < 4.78 is 1.92. The third-order valence-corrected chi connectivity index (χ3v) is 3.18. The molecule has 16 heavy (non-hydrogen) atoms. The second-order valence-corrected chi connectivity index (χ2v) is 4.22. The minimum atomic E-state index is 0.799. The Labute approximate surface area is 95.9 Å². The number of aryl methyl sites for hydroxylation is 2. The van der Waals surface area contributed by atoms with Crippen LogP contribution in [0.25, 0.3) is 5.69 Å². The number of hydrogen-bond acceptors (Lipinski definition) is 2. The maximum absolute atomic E-state index is 6.08. The first-order valence-electron chi connectivity index (χ1n) is 5.40. The molecule has 0 spiro atoms. The van der Waals surface area contributed by atoms with Gasteiger partial charge >= 0.3 is 0 Å². The number of nitrogen functional groups attached to an aromatic ring is 1. The second kappa shape index (κ2) is 3.67. The van der Waals surface area contributed by atoms with Crippen LogP contribution in [0.1, 0.15) is 22.5 Å². The van der Waals surface area contributed by atoms with Crippen LogP contribution in [0.15, 0.2) is 18.2 Å². The fraction of sp³-hybridized carbons (Fsp3) is 0.308. The van der Waals surface area contributed by atoms with E-state index in [1.165, 1.54) is 5.56 Å². The Bertz CT molecular complexity index is 538. The molecule has 0 saturated heterocycles. The van der Waals surface area contributed by atoms with E-state index < -0.39 is 0 Å². The molecule has 2 aromatic rings. The van der Waals surface area contributed by atoms with E-state index >= 15 is 0 Å². The quantitative estimate of drug-likeness (QED) is 0.743. The Balaban J connectivity index is 2.68. The number of nitrogens with two attached hydrogens (primary N) is 1. The highest BCUT2D eigenvalue weighted by atomic mass is 15.3. The number of para-hydroxylation sites is 1. The van der Waals surface area contributed by atoms with Gasteiger partial charge < -0.3 is 5.73 Å². The molecule has 0 bridgehead atoms.